The van der Waals surface area contributed by atoms with Gasteiger partial charge >= 0.3 is 0 Å². The molecule has 1 aliphatic heterocycles. The molecule has 0 amide bonds. The fraction of sp³-hybridized carbons (Fsp3) is 0.571. The summed E-state index contributed by atoms with van der Waals surface area (Å²) in [6.45, 7) is 2.57. The molecule has 4 N–H and O–H groups in total. The van der Waals surface area contributed by atoms with Crippen LogP contribution in [0.2, 0.25) is 0 Å². The first-order chi connectivity index (χ1) is 9.04. The summed E-state index contributed by atoms with van der Waals surface area (Å²) in [5.74, 6) is -0.299. The Morgan fingerprint density at radius 3 is 2.42 bits per heavy atom. The summed E-state index contributed by atoms with van der Waals surface area (Å²) in [7, 11) is 0. The summed E-state index contributed by atoms with van der Waals surface area (Å²) in [5.41, 5.74) is 6.64. The van der Waals surface area contributed by atoms with E-state index in [1.807, 2.05) is 11.8 Å². The Bertz CT molecular complexity index is 420. The van der Waals surface area contributed by atoms with Gasteiger partial charge in [-0.25, -0.2) is 4.39 Å². The topological polar surface area (TPSA) is 69.7 Å². The number of rotatable bonds is 4. The van der Waals surface area contributed by atoms with Gasteiger partial charge in [0.15, 0.2) is 0 Å². The van der Waals surface area contributed by atoms with E-state index in [0.29, 0.717) is 25.1 Å². The number of β-amino-alcohol motifs (C(OH)–C–C–N with tert-alkyl or cyclic N) is 2. The predicted molar refractivity (Wildman–Crippen MR) is 71.0 cm³/mol. The Hall–Kier alpha value is -1.01. The van der Waals surface area contributed by atoms with E-state index < -0.39 is 12.2 Å². The minimum Gasteiger partial charge on any atom is -0.389 e. The Morgan fingerprint density at radius 2 is 1.89 bits per heavy atom. The Morgan fingerprint density at radius 1 is 1.32 bits per heavy atom. The van der Waals surface area contributed by atoms with Crippen molar-refractivity contribution >= 4 is 0 Å². The molecule has 4 nitrogen and oxygen atoms in total. The van der Waals surface area contributed by atoms with E-state index in [1.54, 1.807) is 18.2 Å². The molecule has 1 heterocycles. The smallest absolute Gasteiger partial charge is 0.128 e. The van der Waals surface area contributed by atoms with Crippen LogP contribution in [-0.4, -0.2) is 46.5 Å². The molecule has 0 bridgehead atoms. The molecule has 1 saturated heterocycles. The molecule has 1 aromatic rings. The number of hydrogen-bond donors (Lipinski definition) is 3. The van der Waals surface area contributed by atoms with Crippen molar-refractivity contribution in [2.45, 2.75) is 37.6 Å². The van der Waals surface area contributed by atoms with Crippen LogP contribution in [0.5, 0.6) is 0 Å². The van der Waals surface area contributed by atoms with Crippen molar-refractivity contribution < 1.29 is 14.6 Å². The molecule has 1 aliphatic rings. The number of hydrogen-bond acceptors (Lipinski definition) is 4. The molecule has 0 aliphatic carbocycles. The highest BCUT2D eigenvalue weighted by Crippen LogP contribution is 2.30. The second-order valence-corrected chi connectivity index (χ2v) is 5.13. The summed E-state index contributed by atoms with van der Waals surface area (Å²) in [4.78, 5) is 1.86. The Kier molecular flexibility index (Phi) is 4.52. The molecular weight excluding hydrogens is 247 g/mol. The molecule has 1 fully saturated rings. The molecular formula is C14H21FN2O2. The van der Waals surface area contributed by atoms with E-state index in [2.05, 4.69) is 0 Å². The van der Waals surface area contributed by atoms with Crippen LogP contribution in [-0.2, 0) is 0 Å². The zero-order valence-corrected chi connectivity index (χ0v) is 11.0. The van der Waals surface area contributed by atoms with Crippen LogP contribution in [0.15, 0.2) is 24.3 Å². The molecule has 4 unspecified atom stereocenters. The van der Waals surface area contributed by atoms with Gasteiger partial charge in [-0.3, -0.25) is 4.90 Å². The third-order valence-corrected chi connectivity index (χ3v) is 3.78. The third-order valence-electron chi connectivity index (χ3n) is 3.78. The summed E-state index contributed by atoms with van der Waals surface area (Å²) >= 11 is 0. The minimum absolute atomic E-state index is 0.241. The van der Waals surface area contributed by atoms with Gasteiger partial charge in [0.05, 0.1) is 18.2 Å². The van der Waals surface area contributed by atoms with Crippen molar-refractivity contribution in [3.05, 3.63) is 35.6 Å². The lowest BCUT2D eigenvalue weighted by Crippen LogP contribution is -2.40. The fourth-order valence-corrected chi connectivity index (χ4v) is 2.66. The molecule has 0 saturated carbocycles. The minimum atomic E-state index is -0.793. The largest absolute Gasteiger partial charge is 0.389 e. The lowest BCUT2D eigenvalue weighted by Gasteiger charge is -2.32. The molecule has 2 rings (SSSR count). The number of nitrogens with zero attached hydrogens (tertiary/aromatic N) is 1. The molecule has 106 valence electrons. The number of likely N-dealkylation sites (tertiary alicyclic amines) is 1. The highest BCUT2D eigenvalue weighted by Gasteiger charge is 2.37. The van der Waals surface area contributed by atoms with Crippen LogP contribution < -0.4 is 5.73 Å². The quantitative estimate of drug-likeness (QED) is 0.749. The molecule has 4 atom stereocenters. The average Bonchev–Trinajstić information content (AvgIpc) is 2.71. The molecule has 19 heavy (non-hydrogen) atoms. The predicted octanol–water partition coefficient (Wildman–Crippen LogP) is 0.642. The van der Waals surface area contributed by atoms with Crippen molar-refractivity contribution in [3.8, 4) is 0 Å². The van der Waals surface area contributed by atoms with Crippen LogP contribution in [0.3, 0.4) is 0 Å². The van der Waals surface area contributed by atoms with Gasteiger partial charge in [-0.2, -0.15) is 0 Å². The van der Waals surface area contributed by atoms with E-state index in [1.165, 1.54) is 6.07 Å². The fourth-order valence-electron chi connectivity index (χ4n) is 2.66. The Labute approximate surface area is 112 Å². The van der Waals surface area contributed by atoms with Crippen LogP contribution in [0.4, 0.5) is 4.39 Å². The molecule has 0 spiro atoms. The zero-order valence-electron chi connectivity index (χ0n) is 11.0. The third kappa shape index (κ3) is 2.95. The number of halogens is 1. The lowest BCUT2D eigenvalue weighted by molar-refractivity contribution is 0.0572. The second-order valence-electron chi connectivity index (χ2n) is 5.13. The summed E-state index contributed by atoms with van der Waals surface area (Å²) in [5, 5.41) is 19.3. The first-order valence-corrected chi connectivity index (χ1v) is 6.64. The molecule has 1 aromatic carbocycles. The van der Waals surface area contributed by atoms with E-state index >= 15 is 0 Å². The van der Waals surface area contributed by atoms with Gasteiger partial charge in [-0.05, 0) is 12.5 Å². The van der Waals surface area contributed by atoms with Crippen LogP contribution in [0.25, 0.3) is 0 Å². The van der Waals surface area contributed by atoms with Crippen molar-refractivity contribution in [1.29, 1.82) is 0 Å². The van der Waals surface area contributed by atoms with Crippen molar-refractivity contribution in [2.75, 3.05) is 13.1 Å². The Balaban J connectivity index is 2.30. The maximum absolute atomic E-state index is 14.0. The number of benzene rings is 1. The normalized spacial score (nSPS) is 27.4. The van der Waals surface area contributed by atoms with Crippen LogP contribution in [0, 0.1) is 5.82 Å². The van der Waals surface area contributed by atoms with Crippen molar-refractivity contribution in [2.24, 2.45) is 5.73 Å². The van der Waals surface area contributed by atoms with Gasteiger partial charge in [-0.15, -0.1) is 0 Å². The van der Waals surface area contributed by atoms with E-state index in [-0.39, 0.29) is 17.9 Å². The van der Waals surface area contributed by atoms with Gasteiger partial charge in [0.1, 0.15) is 5.82 Å². The highest BCUT2D eigenvalue weighted by atomic mass is 19.1. The standard InChI is InChI=1S/C14H21FN2O2/c1-2-11(16)14(9-5-3-4-6-10(9)15)17-7-12(18)13(19)8-17/h3-6,11-14,18-19H,2,7-8,16H2,1H3. The van der Waals surface area contributed by atoms with Gasteiger partial charge in [0.2, 0.25) is 0 Å². The molecule has 0 radical (unpaired) electrons. The van der Waals surface area contributed by atoms with Crippen molar-refractivity contribution in [1.82, 2.24) is 4.90 Å². The zero-order chi connectivity index (χ0) is 14.0. The number of aliphatic hydroxyl groups is 2. The lowest BCUT2D eigenvalue weighted by atomic mass is 9.96. The maximum Gasteiger partial charge on any atom is 0.128 e. The van der Waals surface area contributed by atoms with Gasteiger partial charge in [0, 0.05) is 24.7 Å². The van der Waals surface area contributed by atoms with E-state index in [9.17, 15) is 14.6 Å². The van der Waals surface area contributed by atoms with Gasteiger partial charge in [0.25, 0.3) is 0 Å². The molecule has 5 heteroatoms. The van der Waals surface area contributed by atoms with Gasteiger partial charge < -0.3 is 15.9 Å². The SMILES string of the molecule is CCC(N)C(c1ccccc1F)N1CC(O)C(O)C1. The average molecular weight is 268 g/mol. The monoisotopic (exact) mass is 268 g/mol. The van der Waals surface area contributed by atoms with Crippen LogP contribution in [0.1, 0.15) is 24.9 Å². The van der Waals surface area contributed by atoms with Gasteiger partial charge in [-0.1, -0.05) is 25.1 Å². The summed E-state index contributed by atoms with van der Waals surface area (Å²) in [6.07, 6.45) is -0.890. The summed E-state index contributed by atoms with van der Waals surface area (Å²) in [6, 6.07) is 5.98. The van der Waals surface area contributed by atoms with E-state index in [4.69, 9.17) is 5.73 Å². The van der Waals surface area contributed by atoms with Crippen LogP contribution >= 0.6 is 0 Å². The second kappa shape index (κ2) is 5.96. The highest BCUT2D eigenvalue weighted by molar-refractivity contribution is 5.23. The van der Waals surface area contributed by atoms with Crippen molar-refractivity contribution in [3.63, 3.8) is 0 Å². The summed E-state index contributed by atoms with van der Waals surface area (Å²) < 4.78 is 14.0. The van der Waals surface area contributed by atoms with E-state index in [0.717, 1.165) is 0 Å². The first kappa shape index (κ1) is 14.4. The first-order valence-electron chi connectivity index (χ1n) is 6.64. The maximum atomic E-state index is 14.0. The number of aliphatic hydroxyl groups excluding tert-OH is 2. The molecule has 0 aromatic heterocycles. The number of nitrogens with two attached hydrogens (primary N) is 1.